The topological polar surface area (TPSA) is 130 Å². The summed E-state index contributed by atoms with van der Waals surface area (Å²) in [6.07, 6.45) is 0. The van der Waals surface area contributed by atoms with Gasteiger partial charge in [-0.2, -0.15) is 0 Å². The molecule has 0 aliphatic carbocycles. The Kier molecular flexibility index (Phi) is 5.89. The molecular formula is C23H19N5O4. The van der Waals surface area contributed by atoms with E-state index in [1.165, 1.54) is 12.1 Å². The Bertz CT molecular complexity index is 1330. The number of aromatic amines is 1. The van der Waals surface area contributed by atoms with Gasteiger partial charge in [-0.05, 0) is 19.1 Å². The Balaban J connectivity index is 1.37. The second-order valence-electron chi connectivity index (χ2n) is 6.99. The first-order valence-corrected chi connectivity index (χ1v) is 9.76. The number of benzene rings is 2. The van der Waals surface area contributed by atoms with E-state index in [0.717, 1.165) is 5.56 Å². The highest BCUT2D eigenvalue weighted by atomic mass is 16.5. The van der Waals surface area contributed by atoms with Gasteiger partial charge in [0.2, 0.25) is 5.91 Å². The van der Waals surface area contributed by atoms with Gasteiger partial charge in [0, 0.05) is 34.6 Å². The molecule has 2 heterocycles. The number of aromatic nitrogens is 3. The average Bonchev–Trinajstić information content (AvgIpc) is 3.28. The third-order valence-corrected chi connectivity index (χ3v) is 4.50. The van der Waals surface area contributed by atoms with E-state index < -0.39 is 11.8 Å². The molecule has 0 bridgehead atoms. The summed E-state index contributed by atoms with van der Waals surface area (Å²) in [5.74, 6) is -0.0891. The van der Waals surface area contributed by atoms with Crippen LogP contribution in [0.5, 0.6) is 0 Å². The third-order valence-electron chi connectivity index (χ3n) is 4.50. The Morgan fingerprint density at radius 1 is 1.00 bits per heavy atom. The van der Waals surface area contributed by atoms with Crippen LogP contribution in [0.1, 0.15) is 16.2 Å². The van der Waals surface area contributed by atoms with Crippen molar-refractivity contribution < 1.29 is 14.1 Å². The fourth-order valence-electron chi connectivity index (χ4n) is 3.04. The van der Waals surface area contributed by atoms with Crippen molar-refractivity contribution in [2.75, 3.05) is 11.9 Å². The van der Waals surface area contributed by atoms with Crippen molar-refractivity contribution >= 4 is 17.5 Å². The second-order valence-corrected chi connectivity index (χ2v) is 6.99. The van der Waals surface area contributed by atoms with Crippen LogP contribution < -0.4 is 16.2 Å². The van der Waals surface area contributed by atoms with E-state index in [1.807, 2.05) is 30.3 Å². The molecule has 9 nitrogen and oxygen atoms in total. The van der Waals surface area contributed by atoms with E-state index in [9.17, 15) is 14.4 Å². The number of hydrogen-bond acceptors (Lipinski definition) is 6. The van der Waals surface area contributed by atoms with E-state index in [4.69, 9.17) is 4.52 Å². The molecule has 0 unspecified atom stereocenters. The molecule has 2 aromatic heterocycles. The highest BCUT2D eigenvalue weighted by Gasteiger charge is 2.15. The van der Waals surface area contributed by atoms with E-state index in [2.05, 4.69) is 25.8 Å². The second kappa shape index (κ2) is 9.09. The summed E-state index contributed by atoms with van der Waals surface area (Å²) in [5, 5.41) is 8.97. The molecule has 0 spiro atoms. The van der Waals surface area contributed by atoms with Gasteiger partial charge in [0.25, 0.3) is 11.5 Å². The van der Waals surface area contributed by atoms with Gasteiger partial charge in [0.1, 0.15) is 5.82 Å². The van der Waals surface area contributed by atoms with Crippen LogP contribution in [0.4, 0.5) is 5.69 Å². The molecule has 3 N–H and O–H groups in total. The zero-order chi connectivity index (χ0) is 22.5. The lowest BCUT2D eigenvalue weighted by atomic mass is 10.1. The summed E-state index contributed by atoms with van der Waals surface area (Å²) in [5.41, 5.74) is 2.34. The molecule has 9 heteroatoms. The van der Waals surface area contributed by atoms with Crippen LogP contribution in [0.3, 0.4) is 0 Å². The third kappa shape index (κ3) is 4.96. The van der Waals surface area contributed by atoms with E-state index in [1.54, 1.807) is 31.2 Å². The van der Waals surface area contributed by atoms with Crippen molar-refractivity contribution in [3.63, 3.8) is 0 Å². The van der Waals surface area contributed by atoms with Gasteiger partial charge < -0.3 is 20.1 Å². The van der Waals surface area contributed by atoms with Crippen molar-refractivity contribution in [2.24, 2.45) is 0 Å². The lowest BCUT2D eigenvalue weighted by molar-refractivity contribution is -0.115. The number of carbonyl (C=O) groups is 2. The summed E-state index contributed by atoms with van der Waals surface area (Å²) in [6, 6.07) is 19.0. The van der Waals surface area contributed by atoms with E-state index in [0.29, 0.717) is 28.5 Å². The highest BCUT2D eigenvalue weighted by molar-refractivity contribution is 5.98. The first-order valence-electron chi connectivity index (χ1n) is 9.76. The Morgan fingerprint density at radius 2 is 1.78 bits per heavy atom. The number of amides is 2. The Hall–Kier alpha value is -4.53. The molecule has 0 fully saturated rings. The number of nitrogens with one attached hydrogen (secondary N) is 3. The first-order chi connectivity index (χ1) is 15.5. The minimum absolute atomic E-state index is 0.0770. The maximum atomic E-state index is 12.3. The minimum atomic E-state index is -0.527. The molecule has 160 valence electrons. The SMILES string of the molecule is Cc1cc(=O)[nH]c(-c2cccc(NC(=O)CNC(=O)c3cc(-c4ccccc4)on3)c2)n1. The largest absolute Gasteiger partial charge is 0.355 e. The molecule has 0 saturated heterocycles. The minimum Gasteiger partial charge on any atom is -0.355 e. The van der Waals surface area contributed by atoms with Crippen molar-refractivity contribution in [3.8, 4) is 22.7 Å². The molecule has 0 aliphatic heterocycles. The van der Waals surface area contributed by atoms with Gasteiger partial charge in [-0.1, -0.05) is 47.6 Å². The number of aryl methyl sites for hydroxylation is 1. The Morgan fingerprint density at radius 3 is 2.56 bits per heavy atom. The van der Waals surface area contributed by atoms with Crippen LogP contribution in [-0.4, -0.2) is 33.5 Å². The van der Waals surface area contributed by atoms with Crippen LogP contribution in [-0.2, 0) is 4.79 Å². The number of nitrogens with zero attached hydrogens (tertiary/aromatic N) is 2. The van der Waals surface area contributed by atoms with Crippen molar-refractivity contribution in [2.45, 2.75) is 6.92 Å². The summed E-state index contributed by atoms with van der Waals surface area (Å²) in [7, 11) is 0. The van der Waals surface area contributed by atoms with Crippen LogP contribution in [0.25, 0.3) is 22.7 Å². The standard InChI is InChI=1S/C23H19N5O4/c1-14-10-20(29)27-22(25-14)16-8-5-9-17(11-16)26-21(30)13-24-23(31)18-12-19(32-28-18)15-6-3-2-4-7-15/h2-12H,13H2,1H3,(H,24,31)(H,26,30)(H,25,27,29). The van der Waals surface area contributed by atoms with E-state index >= 15 is 0 Å². The molecule has 2 aromatic carbocycles. The van der Waals surface area contributed by atoms with Gasteiger partial charge in [-0.3, -0.25) is 14.4 Å². The fourth-order valence-corrected chi connectivity index (χ4v) is 3.04. The molecule has 2 amide bonds. The van der Waals surface area contributed by atoms with Gasteiger partial charge in [0.15, 0.2) is 11.5 Å². The lowest BCUT2D eigenvalue weighted by Crippen LogP contribution is -2.33. The quantitative estimate of drug-likeness (QED) is 0.432. The Labute approximate surface area is 182 Å². The maximum Gasteiger partial charge on any atom is 0.273 e. The van der Waals surface area contributed by atoms with Gasteiger partial charge in [-0.15, -0.1) is 0 Å². The van der Waals surface area contributed by atoms with Gasteiger partial charge >= 0.3 is 0 Å². The molecular weight excluding hydrogens is 410 g/mol. The molecule has 0 aliphatic rings. The molecule has 0 radical (unpaired) electrons. The summed E-state index contributed by atoms with van der Waals surface area (Å²) >= 11 is 0. The molecule has 0 saturated carbocycles. The molecule has 0 atom stereocenters. The van der Waals surface area contributed by atoms with E-state index in [-0.39, 0.29) is 17.8 Å². The normalized spacial score (nSPS) is 10.5. The van der Waals surface area contributed by atoms with Crippen molar-refractivity contribution in [1.29, 1.82) is 0 Å². The average molecular weight is 429 g/mol. The highest BCUT2D eigenvalue weighted by Crippen LogP contribution is 2.20. The number of anilines is 1. The van der Waals surface area contributed by atoms with Crippen LogP contribution in [0.15, 0.2) is 76.0 Å². The number of H-pyrrole nitrogens is 1. The fraction of sp³-hybridized carbons (Fsp3) is 0.0870. The lowest BCUT2D eigenvalue weighted by Gasteiger charge is -2.08. The summed E-state index contributed by atoms with van der Waals surface area (Å²) < 4.78 is 5.20. The maximum absolute atomic E-state index is 12.3. The van der Waals surface area contributed by atoms with Gasteiger partial charge in [-0.25, -0.2) is 4.98 Å². The summed E-state index contributed by atoms with van der Waals surface area (Å²) in [6.45, 7) is 1.47. The molecule has 4 aromatic rings. The first kappa shape index (κ1) is 20.7. The van der Waals surface area contributed by atoms with Crippen LogP contribution in [0, 0.1) is 6.92 Å². The van der Waals surface area contributed by atoms with Crippen LogP contribution in [0.2, 0.25) is 0 Å². The number of carbonyl (C=O) groups excluding carboxylic acids is 2. The van der Waals surface area contributed by atoms with Gasteiger partial charge in [0.05, 0.1) is 6.54 Å². The number of rotatable bonds is 6. The monoisotopic (exact) mass is 429 g/mol. The predicted octanol–water partition coefficient (Wildman–Crippen LogP) is 2.77. The number of hydrogen-bond donors (Lipinski definition) is 3. The zero-order valence-corrected chi connectivity index (χ0v) is 17.1. The smallest absolute Gasteiger partial charge is 0.273 e. The van der Waals surface area contributed by atoms with Crippen molar-refractivity contribution in [1.82, 2.24) is 20.4 Å². The zero-order valence-electron chi connectivity index (χ0n) is 17.1. The molecule has 32 heavy (non-hydrogen) atoms. The molecule has 4 rings (SSSR count). The predicted molar refractivity (Wildman–Crippen MR) is 118 cm³/mol. The van der Waals surface area contributed by atoms with Crippen LogP contribution >= 0.6 is 0 Å². The summed E-state index contributed by atoms with van der Waals surface area (Å²) in [4.78, 5) is 43.2. The van der Waals surface area contributed by atoms with Crippen molar-refractivity contribution in [3.05, 3.63) is 88.5 Å².